The Labute approximate surface area is 118 Å². The number of aliphatic hydroxyl groups is 1. The van der Waals surface area contributed by atoms with Crippen molar-refractivity contribution in [1.29, 1.82) is 5.26 Å². The molecule has 20 heavy (non-hydrogen) atoms. The lowest BCUT2D eigenvalue weighted by atomic mass is 10.1. The van der Waals surface area contributed by atoms with E-state index in [-0.39, 0.29) is 18.1 Å². The molecule has 5 heteroatoms. The Balaban J connectivity index is 1.95. The zero-order valence-corrected chi connectivity index (χ0v) is 11.5. The summed E-state index contributed by atoms with van der Waals surface area (Å²) in [7, 11) is 0. The molecule has 1 aliphatic rings. The van der Waals surface area contributed by atoms with Gasteiger partial charge >= 0.3 is 0 Å². The predicted octanol–water partition coefficient (Wildman–Crippen LogP) is 1.34. The highest BCUT2D eigenvalue weighted by molar-refractivity contribution is 5.94. The van der Waals surface area contributed by atoms with Crippen molar-refractivity contribution in [3.05, 3.63) is 29.8 Å². The van der Waals surface area contributed by atoms with Crippen molar-refractivity contribution in [2.75, 3.05) is 18.4 Å². The summed E-state index contributed by atoms with van der Waals surface area (Å²) in [5.41, 5.74) is 1.16. The molecule has 1 aromatic rings. The summed E-state index contributed by atoms with van der Waals surface area (Å²) in [6, 6.07) is 8.68. The quantitative estimate of drug-likeness (QED) is 0.871. The van der Waals surface area contributed by atoms with Crippen LogP contribution in [0.1, 0.15) is 25.3 Å². The second-order valence-electron chi connectivity index (χ2n) is 5.12. The summed E-state index contributed by atoms with van der Waals surface area (Å²) in [5.74, 6) is -0.0866. The summed E-state index contributed by atoms with van der Waals surface area (Å²) in [5, 5.41) is 21.2. The number of likely N-dealkylation sites (tertiary alicyclic amines) is 1. The van der Waals surface area contributed by atoms with Crippen LogP contribution >= 0.6 is 0 Å². The number of anilines is 1. The van der Waals surface area contributed by atoms with Gasteiger partial charge in [-0.15, -0.1) is 0 Å². The fourth-order valence-electron chi connectivity index (χ4n) is 2.35. The highest BCUT2D eigenvalue weighted by Crippen LogP contribution is 2.15. The van der Waals surface area contributed by atoms with E-state index in [9.17, 15) is 9.90 Å². The maximum absolute atomic E-state index is 12.2. The second-order valence-corrected chi connectivity index (χ2v) is 5.12. The van der Waals surface area contributed by atoms with Gasteiger partial charge in [-0.25, -0.2) is 0 Å². The number of amides is 1. The van der Waals surface area contributed by atoms with E-state index in [0.717, 1.165) is 13.1 Å². The average Bonchev–Trinajstić information content (AvgIpc) is 2.47. The molecule has 0 radical (unpaired) electrons. The lowest BCUT2D eigenvalue weighted by Gasteiger charge is -2.33. The van der Waals surface area contributed by atoms with Gasteiger partial charge in [0.05, 0.1) is 23.8 Å². The van der Waals surface area contributed by atoms with Crippen LogP contribution in [0.2, 0.25) is 0 Å². The Kier molecular flexibility index (Phi) is 4.72. The van der Waals surface area contributed by atoms with Crippen LogP contribution in [0.4, 0.5) is 5.69 Å². The molecule has 0 saturated carbocycles. The number of nitriles is 1. The molecule has 2 N–H and O–H groups in total. The smallest absolute Gasteiger partial charge is 0.241 e. The number of rotatable bonds is 3. The zero-order chi connectivity index (χ0) is 14.5. The van der Waals surface area contributed by atoms with Crippen molar-refractivity contribution >= 4 is 11.6 Å². The Morgan fingerprint density at radius 2 is 2.20 bits per heavy atom. The SMILES string of the molecule is C[C@H](C(=O)Nc1cccc(C#N)c1)N1CCC(O)CC1. The highest BCUT2D eigenvalue weighted by atomic mass is 16.3. The van der Waals surface area contributed by atoms with Gasteiger partial charge in [-0.2, -0.15) is 5.26 Å². The minimum Gasteiger partial charge on any atom is -0.393 e. The third-order valence-electron chi connectivity index (χ3n) is 3.69. The first-order chi connectivity index (χ1) is 9.60. The van der Waals surface area contributed by atoms with Crippen LogP contribution in [-0.4, -0.2) is 41.1 Å². The summed E-state index contributed by atoms with van der Waals surface area (Å²) in [6.45, 7) is 3.32. The lowest BCUT2D eigenvalue weighted by Crippen LogP contribution is -2.47. The standard InChI is InChI=1S/C15H19N3O2/c1-11(18-7-5-14(19)6-8-18)15(20)17-13-4-2-3-12(9-13)10-16/h2-4,9,11,14,19H,5-8H2,1H3,(H,17,20)/t11-/m1/s1. The Bertz CT molecular complexity index is 516. The number of nitrogens with zero attached hydrogens (tertiary/aromatic N) is 2. The summed E-state index contributed by atoms with van der Waals surface area (Å²) < 4.78 is 0. The van der Waals surface area contributed by atoms with Gasteiger partial charge in [0, 0.05) is 18.8 Å². The first kappa shape index (κ1) is 14.5. The molecule has 1 atom stereocenters. The molecule has 0 aromatic heterocycles. The number of piperidine rings is 1. The summed E-state index contributed by atoms with van der Waals surface area (Å²) in [4.78, 5) is 14.3. The van der Waals surface area contributed by atoms with E-state index in [1.807, 2.05) is 13.0 Å². The molecule has 1 aromatic carbocycles. The van der Waals surface area contributed by atoms with Crippen LogP contribution in [0.15, 0.2) is 24.3 Å². The molecule has 106 valence electrons. The van der Waals surface area contributed by atoms with E-state index >= 15 is 0 Å². The summed E-state index contributed by atoms with van der Waals surface area (Å²) >= 11 is 0. The average molecular weight is 273 g/mol. The maximum Gasteiger partial charge on any atom is 0.241 e. The fourth-order valence-corrected chi connectivity index (χ4v) is 2.35. The van der Waals surface area contributed by atoms with Crippen LogP contribution < -0.4 is 5.32 Å². The highest BCUT2D eigenvalue weighted by Gasteiger charge is 2.25. The monoisotopic (exact) mass is 273 g/mol. The van der Waals surface area contributed by atoms with Gasteiger partial charge in [-0.1, -0.05) is 6.07 Å². The van der Waals surface area contributed by atoms with Gasteiger partial charge in [-0.05, 0) is 38.0 Å². The molecule has 2 rings (SSSR count). The van der Waals surface area contributed by atoms with E-state index in [1.54, 1.807) is 24.3 Å². The molecule has 0 unspecified atom stereocenters. The second kappa shape index (κ2) is 6.51. The van der Waals surface area contributed by atoms with Crippen LogP contribution in [0, 0.1) is 11.3 Å². The lowest BCUT2D eigenvalue weighted by molar-refractivity contribution is -0.121. The number of carbonyl (C=O) groups is 1. The van der Waals surface area contributed by atoms with Crippen molar-refractivity contribution in [3.8, 4) is 6.07 Å². The van der Waals surface area contributed by atoms with Gasteiger partial charge in [0.25, 0.3) is 0 Å². The van der Waals surface area contributed by atoms with Crippen LogP contribution in [-0.2, 0) is 4.79 Å². The van der Waals surface area contributed by atoms with Gasteiger partial charge < -0.3 is 10.4 Å². The molecule has 0 bridgehead atoms. The fraction of sp³-hybridized carbons (Fsp3) is 0.467. The molecule has 1 saturated heterocycles. The Morgan fingerprint density at radius 1 is 1.50 bits per heavy atom. The van der Waals surface area contributed by atoms with Crippen LogP contribution in [0.3, 0.4) is 0 Å². The third-order valence-corrected chi connectivity index (χ3v) is 3.69. The normalized spacial score (nSPS) is 18.2. The van der Waals surface area contributed by atoms with Gasteiger partial charge in [-0.3, -0.25) is 9.69 Å². The first-order valence-corrected chi connectivity index (χ1v) is 6.83. The zero-order valence-electron chi connectivity index (χ0n) is 11.5. The van der Waals surface area contributed by atoms with Gasteiger partial charge in [0.15, 0.2) is 0 Å². The van der Waals surface area contributed by atoms with Crippen molar-refractivity contribution in [2.24, 2.45) is 0 Å². The third kappa shape index (κ3) is 3.56. The molecule has 1 heterocycles. The number of aliphatic hydroxyl groups excluding tert-OH is 1. The molecule has 0 spiro atoms. The molecular formula is C15H19N3O2. The molecule has 1 fully saturated rings. The molecule has 0 aliphatic carbocycles. The molecule has 1 amide bonds. The topological polar surface area (TPSA) is 76.4 Å². The van der Waals surface area contributed by atoms with Crippen molar-refractivity contribution < 1.29 is 9.90 Å². The largest absolute Gasteiger partial charge is 0.393 e. The Hall–Kier alpha value is -1.90. The predicted molar refractivity (Wildman–Crippen MR) is 76.1 cm³/mol. The molecule has 1 aliphatic heterocycles. The number of hydrogen-bond donors (Lipinski definition) is 2. The minimum absolute atomic E-state index is 0.0866. The number of nitrogens with one attached hydrogen (secondary N) is 1. The minimum atomic E-state index is -0.242. The van der Waals surface area contributed by atoms with Crippen LogP contribution in [0.25, 0.3) is 0 Å². The van der Waals surface area contributed by atoms with Crippen molar-refractivity contribution in [1.82, 2.24) is 4.90 Å². The van der Waals surface area contributed by atoms with Gasteiger partial charge in [0.1, 0.15) is 0 Å². The van der Waals surface area contributed by atoms with E-state index in [4.69, 9.17) is 5.26 Å². The number of carbonyl (C=O) groups excluding carboxylic acids is 1. The summed E-state index contributed by atoms with van der Waals surface area (Å²) in [6.07, 6.45) is 1.18. The van der Waals surface area contributed by atoms with Crippen LogP contribution in [0.5, 0.6) is 0 Å². The van der Waals surface area contributed by atoms with E-state index < -0.39 is 0 Å². The number of benzene rings is 1. The van der Waals surface area contributed by atoms with Crippen molar-refractivity contribution in [3.63, 3.8) is 0 Å². The maximum atomic E-state index is 12.2. The van der Waals surface area contributed by atoms with E-state index in [2.05, 4.69) is 10.2 Å². The van der Waals surface area contributed by atoms with E-state index in [0.29, 0.717) is 24.1 Å². The van der Waals surface area contributed by atoms with Crippen molar-refractivity contribution in [2.45, 2.75) is 31.9 Å². The molecule has 5 nitrogen and oxygen atoms in total. The molecular weight excluding hydrogens is 254 g/mol. The Morgan fingerprint density at radius 3 is 2.85 bits per heavy atom. The van der Waals surface area contributed by atoms with E-state index in [1.165, 1.54) is 0 Å². The van der Waals surface area contributed by atoms with Gasteiger partial charge in [0.2, 0.25) is 5.91 Å². The number of hydrogen-bond acceptors (Lipinski definition) is 4. The first-order valence-electron chi connectivity index (χ1n) is 6.83.